The van der Waals surface area contributed by atoms with E-state index in [1.54, 1.807) is 0 Å². The largest absolute Gasteiger partial charge is 0.455 e. The number of para-hydroxylation sites is 2. The number of benzene rings is 8. The minimum atomic E-state index is 0.896. The summed E-state index contributed by atoms with van der Waals surface area (Å²) in [5, 5.41) is 9.07. The zero-order valence-electron chi connectivity index (χ0n) is 29.5. The van der Waals surface area contributed by atoms with Crippen LogP contribution in [0.3, 0.4) is 0 Å². The predicted molar refractivity (Wildman–Crippen MR) is 226 cm³/mol. The predicted octanol–water partition coefficient (Wildman–Crippen LogP) is 14.0. The summed E-state index contributed by atoms with van der Waals surface area (Å²) in [6.45, 7) is 2.22. The molecule has 0 radical (unpaired) electrons. The Kier molecular flexibility index (Phi) is 6.77. The van der Waals surface area contributed by atoms with Crippen LogP contribution in [0.25, 0.3) is 110 Å². The highest BCUT2D eigenvalue weighted by atomic mass is 16.3. The molecule has 252 valence electrons. The third-order valence-electron chi connectivity index (χ3n) is 11.0. The van der Waals surface area contributed by atoms with Crippen molar-refractivity contribution in [1.82, 2.24) is 9.97 Å². The Balaban J connectivity index is 0.998. The van der Waals surface area contributed by atoms with Crippen molar-refractivity contribution in [2.45, 2.75) is 6.92 Å². The van der Waals surface area contributed by atoms with Gasteiger partial charge in [0.2, 0.25) is 0 Å². The molecule has 0 amide bonds. The molecule has 3 heteroatoms. The Labute approximate surface area is 311 Å². The van der Waals surface area contributed by atoms with Gasteiger partial charge in [-0.05, 0) is 70.5 Å². The molecule has 0 atom stereocenters. The third kappa shape index (κ3) is 4.76. The summed E-state index contributed by atoms with van der Waals surface area (Å²) in [7, 11) is 0. The second-order valence-corrected chi connectivity index (χ2v) is 14.1. The molecule has 0 saturated carbocycles. The van der Waals surface area contributed by atoms with Crippen molar-refractivity contribution in [3.05, 3.63) is 181 Å². The van der Waals surface area contributed by atoms with Crippen molar-refractivity contribution in [1.29, 1.82) is 0 Å². The van der Waals surface area contributed by atoms with Crippen molar-refractivity contribution >= 4 is 65.3 Å². The van der Waals surface area contributed by atoms with Crippen molar-refractivity contribution in [3.63, 3.8) is 0 Å². The molecule has 11 rings (SSSR count). The van der Waals surface area contributed by atoms with Crippen LogP contribution in [0.2, 0.25) is 0 Å². The maximum Gasteiger partial charge on any atom is 0.144 e. The van der Waals surface area contributed by atoms with Crippen LogP contribution in [-0.2, 0) is 0 Å². The van der Waals surface area contributed by atoms with Crippen LogP contribution in [0.15, 0.2) is 180 Å². The molecule has 3 heterocycles. The zero-order chi connectivity index (χ0) is 35.8. The van der Waals surface area contributed by atoms with Crippen molar-refractivity contribution in [3.8, 4) is 44.8 Å². The standard InChI is InChI=1S/C51H32N2O/c1-31-39(33-10-3-2-4-11-33)26-24-35-22-23-36-25-29-44(52-50(36)47(31)35)34-20-18-32(19-21-34)37-12-9-13-38(30-37)49-43-28-27-41-40-14-6-8-17-46(40)54-51(41)48(43)42-15-5-7-16-45(42)53-49/h2-30H,1H3. The van der Waals surface area contributed by atoms with Gasteiger partial charge >= 0.3 is 0 Å². The van der Waals surface area contributed by atoms with Gasteiger partial charge in [0.05, 0.1) is 22.4 Å². The second kappa shape index (κ2) is 12.0. The van der Waals surface area contributed by atoms with E-state index in [4.69, 9.17) is 14.4 Å². The lowest BCUT2D eigenvalue weighted by atomic mass is 9.93. The van der Waals surface area contributed by atoms with E-state index >= 15 is 0 Å². The molecule has 0 saturated heterocycles. The van der Waals surface area contributed by atoms with E-state index in [1.807, 2.05) is 12.1 Å². The molecular formula is C51H32N2O. The quantitative estimate of drug-likeness (QED) is 0.173. The van der Waals surface area contributed by atoms with E-state index in [1.165, 1.54) is 27.5 Å². The Hall–Kier alpha value is -7.10. The normalized spacial score (nSPS) is 11.8. The number of pyridine rings is 2. The minimum Gasteiger partial charge on any atom is -0.455 e. The summed E-state index contributed by atoms with van der Waals surface area (Å²) in [5.74, 6) is 0. The molecule has 0 N–H and O–H groups in total. The lowest BCUT2D eigenvalue weighted by Crippen LogP contribution is -1.92. The first kappa shape index (κ1) is 30.5. The molecule has 0 aliphatic carbocycles. The van der Waals surface area contributed by atoms with Gasteiger partial charge < -0.3 is 4.42 Å². The second-order valence-electron chi connectivity index (χ2n) is 14.1. The molecule has 8 aromatic carbocycles. The Bertz CT molecular complexity index is 3270. The Morgan fingerprint density at radius 2 is 1.11 bits per heavy atom. The number of rotatable bonds is 4. The fraction of sp³-hybridized carbons (Fsp3) is 0.0196. The maximum absolute atomic E-state index is 6.55. The molecule has 0 bridgehead atoms. The fourth-order valence-corrected chi connectivity index (χ4v) is 8.38. The van der Waals surface area contributed by atoms with Gasteiger partial charge in [-0.2, -0.15) is 0 Å². The van der Waals surface area contributed by atoms with Crippen LogP contribution >= 0.6 is 0 Å². The maximum atomic E-state index is 6.55. The molecule has 0 aliphatic rings. The van der Waals surface area contributed by atoms with Crippen molar-refractivity contribution in [2.24, 2.45) is 0 Å². The highest BCUT2D eigenvalue weighted by Crippen LogP contribution is 2.41. The van der Waals surface area contributed by atoms with Crippen LogP contribution in [0.5, 0.6) is 0 Å². The summed E-state index contributed by atoms with van der Waals surface area (Å²) in [6, 6.07) is 62.3. The zero-order valence-corrected chi connectivity index (χ0v) is 29.5. The topological polar surface area (TPSA) is 38.9 Å². The van der Waals surface area contributed by atoms with Gasteiger partial charge in [-0.25, -0.2) is 9.97 Å². The van der Waals surface area contributed by atoms with Crippen LogP contribution in [0.4, 0.5) is 0 Å². The molecular weight excluding hydrogens is 657 g/mol. The number of hydrogen-bond donors (Lipinski definition) is 0. The summed E-state index contributed by atoms with van der Waals surface area (Å²) >= 11 is 0. The number of nitrogens with zero attached hydrogens (tertiary/aromatic N) is 2. The van der Waals surface area contributed by atoms with Crippen molar-refractivity contribution < 1.29 is 4.42 Å². The number of hydrogen-bond acceptors (Lipinski definition) is 3. The highest BCUT2D eigenvalue weighted by Gasteiger charge is 2.18. The SMILES string of the molecule is Cc1c(-c2ccccc2)ccc2ccc3ccc(-c4ccc(-c5cccc(-c6nc7ccccc7c7c6ccc6c8ccccc8oc67)c5)cc4)nc3c12. The fourth-order valence-electron chi connectivity index (χ4n) is 8.38. The van der Waals surface area contributed by atoms with Crippen molar-refractivity contribution in [2.75, 3.05) is 0 Å². The molecule has 3 aromatic heterocycles. The van der Waals surface area contributed by atoms with Gasteiger partial charge in [-0.1, -0.05) is 146 Å². The lowest BCUT2D eigenvalue weighted by molar-refractivity contribution is 0.673. The first-order chi connectivity index (χ1) is 26.7. The number of aryl methyl sites for hydroxylation is 1. The van der Waals surface area contributed by atoms with E-state index in [-0.39, 0.29) is 0 Å². The molecule has 0 aliphatic heterocycles. The average Bonchev–Trinajstić information content (AvgIpc) is 3.62. The van der Waals surface area contributed by atoms with E-state index in [2.05, 4.69) is 171 Å². The van der Waals surface area contributed by atoms with Gasteiger partial charge in [0.1, 0.15) is 11.2 Å². The van der Waals surface area contributed by atoms with Crippen LogP contribution in [0, 0.1) is 6.92 Å². The van der Waals surface area contributed by atoms with Crippen LogP contribution < -0.4 is 0 Å². The van der Waals surface area contributed by atoms with Gasteiger partial charge in [0, 0.05) is 48.8 Å². The Morgan fingerprint density at radius 1 is 0.426 bits per heavy atom. The molecule has 0 unspecified atom stereocenters. The monoisotopic (exact) mass is 688 g/mol. The number of fused-ring (bicyclic) bond motifs is 10. The first-order valence-corrected chi connectivity index (χ1v) is 18.4. The van der Waals surface area contributed by atoms with Crippen LogP contribution in [0.1, 0.15) is 5.56 Å². The van der Waals surface area contributed by atoms with E-state index in [0.717, 1.165) is 88.2 Å². The molecule has 3 nitrogen and oxygen atoms in total. The summed E-state index contributed by atoms with van der Waals surface area (Å²) in [6.07, 6.45) is 0. The Morgan fingerprint density at radius 3 is 2.00 bits per heavy atom. The average molecular weight is 689 g/mol. The van der Waals surface area contributed by atoms with Gasteiger partial charge in [0.25, 0.3) is 0 Å². The summed E-state index contributed by atoms with van der Waals surface area (Å²) < 4.78 is 6.55. The first-order valence-electron chi connectivity index (χ1n) is 18.4. The molecule has 0 spiro atoms. The molecule has 11 aromatic rings. The lowest BCUT2D eigenvalue weighted by Gasteiger charge is -2.13. The van der Waals surface area contributed by atoms with Gasteiger partial charge in [-0.15, -0.1) is 0 Å². The molecule has 0 fully saturated rings. The third-order valence-corrected chi connectivity index (χ3v) is 11.0. The summed E-state index contributed by atoms with van der Waals surface area (Å²) in [4.78, 5) is 10.5. The summed E-state index contributed by atoms with van der Waals surface area (Å²) in [5.41, 5.74) is 13.8. The van der Waals surface area contributed by atoms with E-state index < -0.39 is 0 Å². The van der Waals surface area contributed by atoms with Gasteiger partial charge in [-0.3, -0.25) is 0 Å². The van der Waals surface area contributed by atoms with Gasteiger partial charge in [0.15, 0.2) is 0 Å². The number of furan rings is 1. The van der Waals surface area contributed by atoms with E-state index in [0.29, 0.717) is 0 Å². The molecule has 54 heavy (non-hydrogen) atoms. The smallest absolute Gasteiger partial charge is 0.144 e. The van der Waals surface area contributed by atoms with E-state index in [9.17, 15) is 0 Å². The number of aromatic nitrogens is 2. The minimum absolute atomic E-state index is 0.896. The highest BCUT2D eigenvalue weighted by molar-refractivity contribution is 6.24. The van der Waals surface area contributed by atoms with Crippen LogP contribution in [-0.4, -0.2) is 9.97 Å².